The fourth-order valence-corrected chi connectivity index (χ4v) is 2.64. The third-order valence-corrected chi connectivity index (χ3v) is 3.80. The number of ether oxygens (including phenoxy) is 1. The lowest BCUT2D eigenvalue weighted by molar-refractivity contribution is -0.142. The fraction of sp³-hybridized carbons (Fsp3) is 0.250. The molecule has 22 heavy (non-hydrogen) atoms. The van der Waals surface area contributed by atoms with Gasteiger partial charge in [0.1, 0.15) is 0 Å². The van der Waals surface area contributed by atoms with E-state index < -0.39 is 0 Å². The van der Waals surface area contributed by atoms with Gasteiger partial charge in [0, 0.05) is 23.3 Å². The average Bonchev–Trinajstić information content (AvgIpc) is 2.75. The second-order valence-corrected chi connectivity index (χ2v) is 5.55. The van der Waals surface area contributed by atoms with Crippen LogP contribution in [-0.2, 0) is 23.0 Å². The molecule has 1 aromatic heterocycles. The maximum Gasteiger partial charge on any atom is 0.311 e. The van der Waals surface area contributed by atoms with Gasteiger partial charge in [-0.2, -0.15) is 0 Å². The number of ketones is 1. The second-order valence-electron chi connectivity index (χ2n) is 4.70. The highest BCUT2D eigenvalue weighted by Gasteiger charge is 2.20. The Morgan fingerprint density at radius 1 is 1.23 bits per heavy atom. The van der Waals surface area contributed by atoms with Crippen molar-refractivity contribution in [3.8, 4) is 0 Å². The van der Waals surface area contributed by atoms with Crippen molar-refractivity contribution in [2.75, 3.05) is 6.61 Å². The van der Waals surface area contributed by atoms with Crippen molar-refractivity contribution < 1.29 is 14.3 Å². The first-order valence-electron chi connectivity index (χ1n) is 6.74. The highest BCUT2D eigenvalue weighted by Crippen LogP contribution is 2.24. The van der Waals surface area contributed by atoms with Gasteiger partial charge in [0.05, 0.1) is 23.7 Å². The lowest BCUT2D eigenvalue weighted by Gasteiger charge is -2.07. The number of nitrogens with zero attached hydrogens (tertiary/aromatic N) is 1. The van der Waals surface area contributed by atoms with Crippen molar-refractivity contribution in [2.24, 2.45) is 7.05 Å². The summed E-state index contributed by atoms with van der Waals surface area (Å²) in [6, 6.07) is 8.23. The van der Waals surface area contributed by atoms with Crippen LogP contribution in [-0.4, -0.2) is 22.9 Å². The van der Waals surface area contributed by atoms with Crippen molar-refractivity contribution in [1.82, 2.24) is 4.57 Å². The second kappa shape index (κ2) is 6.99. The van der Waals surface area contributed by atoms with Gasteiger partial charge >= 0.3 is 5.97 Å². The maximum atomic E-state index is 12.5. The Morgan fingerprint density at radius 3 is 2.59 bits per heavy atom. The Morgan fingerprint density at radius 2 is 1.95 bits per heavy atom. The van der Waals surface area contributed by atoms with Crippen LogP contribution in [0.4, 0.5) is 0 Å². The molecule has 116 valence electrons. The summed E-state index contributed by atoms with van der Waals surface area (Å²) in [6.45, 7) is 2.04. The molecule has 0 amide bonds. The van der Waals surface area contributed by atoms with Gasteiger partial charge in [-0.3, -0.25) is 9.59 Å². The van der Waals surface area contributed by atoms with Crippen LogP contribution >= 0.6 is 23.2 Å². The van der Waals surface area contributed by atoms with Gasteiger partial charge in [0.25, 0.3) is 0 Å². The molecule has 0 N–H and O–H groups in total. The van der Waals surface area contributed by atoms with E-state index in [2.05, 4.69) is 0 Å². The number of aromatic nitrogens is 1. The highest BCUT2D eigenvalue weighted by molar-refractivity contribution is 6.32. The summed E-state index contributed by atoms with van der Waals surface area (Å²) in [6.07, 6.45) is 0.0198. The van der Waals surface area contributed by atoms with E-state index in [1.807, 2.05) is 0 Å². The molecule has 0 radical (unpaired) electrons. The van der Waals surface area contributed by atoms with E-state index in [0.717, 1.165) is 0 Å². The third kappa shape index (κ3) is 3.51. The molecule has 6 heteroatoms. The minimum atomic E-state index is -0.382. The van der Waals surface area contributed by atoms with E-state index in [1.165, 1.54) is 0 Å². The predicted molar refractivity (Wildman–Crippen MR) is 85.6 cm³/mol. The molecular weight excluding hydrogens is 325 g/mol. The van der Waals surface area contributed by atoms with Crippen LogP contribution in [0.25, 0.3) is 0 Å². The van der Waals surface area contributed by atoms with Crippen molar-refractivity contribution in [3.63, 3.8) is 0 Å². The minimum Gasteiger partial charge on any atom is -0.466 e. The molecule has 0 fully saturated rings. The summed E-state index contributed by atoms with van der Waals surface area (Å²) in [7, 11) is 1.69. The van der Waals surface area contributed by atoms with Crippen LogP contribution < -0.4 is 0 Å². The molecule has 0 saturated carbocycles. The molecule has 4 nitrogen and oxygen atoms in total. The standard InChI is InChI=1S/C16H15Cl2NO3/c1-3-22-15(20)9-13-12(18)8-14(19(13)2)16(21)10-5-4-6-11(17)7-10/h4-8H,3,9H2,1-2H3. The van der Waals surface area contributed by atoms with E-state index in [0.29, 0.717) is 33.6 Å². The summed E-state index contributed by atoms with van der Waals surface area (Å²) < 4.78 is 6.53. The molecule has 0 spiro atoms. The monoisotopic (exact) mass is 339 g/mol. The number of rotatable bonds is 5. The summed E-state index contributed by atoms with van der Waals surface area (Å²) in [5.74, 6) is -0.589. The van der Waals surface area contributed by atoms with Crippen molar-refractivity contribution in [1.29, 1.82) is 0 Å². The van der Waals surface area contributed by atoms with Crippen LogP contribution in [0, 0.1) is 0 Å². The van der Waals surface area contributed by atoms with E-state index >= 15 is 0 Å². The molecule has 0 atom stereocenters. The van der Waals surface area contributed by atoms with Crippen LogP contribution in [0.2, 0.25) is 10.0 Å². The Kier molecular flexibility index (Phi) is 5.27. The van der Waals surface area contributed by atoms with Crippen molar-refractivity contribution >= 4 is 35.0 Å². The topological polar surface area (TPSA) is 48.3 Å². The molecule has 0 aliphatic rings. The number of carbonyl (C=O) groups is 2. The number of hydrogen-bond acceptors (Lipinski definition) is 3. The number of esters is 1. The quantitative estimate of drug-likeness (QED) is 0.616. The smallest absolute Gasteiger partial charge is 0.311 e. The normalized spacial score (nSPS) is 10.5. The van der Waals surface area contributed by atoms with E-state index in [9.17, 15) is 9.59 Å². The molecule has 0 aliphatic heterocycles. The molecule has 2 aromatic rings. The van der Waals surface area contributed by atoms with Gasteiger partial charge in [-0.05, 0) is 25.1 Å². The summed E-state index contributed by atoms with van der Waals surface area (Å²) in [5.41, 5.74) is 1.41. The Hall–Kier alpha value is -1.78. The zero-order valence-corrected chi connectivity index (χ0v) is 13.7. The highest BCUT2D eigenvalue weighted by atomic mass is 35.5. The largest absolute Gasteiger partial charge is 0.466 e. The molecule has 1 heterocycles. The number of carbonyl (C=O) groups excluding carboxylic acids is 2. The van der Waals surface area contributed by atoms with Gasteiger partial charge in [-0.1, -0.05) is 35.3 Å². The van der Waals surface area contributed by atoms with Gasteiger partial charge < -0.3 is 9.30 Å². The number of benzene rings is 1. The summed E-state index contributed by atoms with van der Waals surface area (Å²) in [4.78, 5) is 24.2. The predicted octanol–water partition coefficient (Wildman–Crippen LogP) is 3.67. The zero-order chi connectivity index (χ0) is 16.3. The van der Waals surface area contributed by atoms with Crippen molar-refractivity contribution in [3.05, 3.63) is 57.3 Å². The fourth-order valence-electron chi connectivity index (χ4n) is 2.15. The van der Waals surface area contributed by atoms with E-state index in [4.69, 9.17) is 27.9 Å². The zero-order valence-electron chi connectivity index (χ0n) is 12.2. The third-order valence-electron chi connectivity index (χ3n) is 3.24. The van der Waals surface area contributed by atoms with E-state index in [1.54, 1.807) is 48.9 Å². The SMILES string of the molecule is CCOC(=O)Cc1c(Cl)cc(C(=O)c2cccc(Cl)c2)n1C. The lowest BCUT2D eigenvalue weighted by atomic mass is 10.1. The molecule has 0 saturated heterocycles. The lowest BCUT2D eigenvalue weighted by Crippen LogP contribution is -2.13. The summed E-state index contributed by atoms with van der Waals surface area (Å²) in [5, 5.41) is 0.846. The van der Waals surface area contributed by atoms with Crippen LogP contribution in [0.15, 0.2) is 30.3 Å². The maximum absolute atomic E-state index is 12.5. The average molecular weight is 340 g/mol. The number of halogens is 2. The van der Waals surface area contributed by atoms with Gasteiger partial charge in [-0.25, -0.2) is 0 Å². The minimum absolute atomic E-state index is 0.0198. The Labute approximate surface area is 138 Å². The van der Waals surface area contributed by atoms with Gasteiger partial charge in [0.2, 0.25) is 5.78 Å². The van der Waals surface area contributed by atoms with Crippen LogP contribution in [0.3, 0.4) is 0 Å². The van der Waals surface area contributed by atoms with E-state index in [-0.39, 0.29) is 18.2 Å². The molecule has 2 rings (SSSR count). The van der Waals surface area contributed by atoms with Gasteiger partial charge in [0.15, 0.2) is 0 Å². The van der Waals surface area contributed by atoms with Crippen LogP contribution in [0.1, 0.15) is 28.7 Å². The Balaban J connectivity index is 2.33. The first kappa shape index (κ1) is 16.6. The summed E-state index contributed by atoms with van der Waals surface area (Å²) >= 11 is 12.1. The molecule has 1 aromatic carbocycles. The van der Waals surface area contributed by atoms with Crippen LogP contribution in [0.5, 0.6) is 0 Å². The molecular formula is C16H15Cl2NO3. The van der Waals surface area contributed by atoms with Crippen molar-refractivity contribution in [2.45, 2.75) is 13.3 Å². The first-order chi connectivity index (χ1) is 10.4. The number of hydrogen-bond donors (Lipinski definition) is 0. The molecule has 0 aliphatic carbocycles. The molecule has 0 unspecified atom stereocenters. The molecule has 0 bridgehead atoms. The first-order valence-corrected chi connectivity index (χ1v) is 7.49. The Bertz CT molecular complexity index is 722. The van der Waals surface area contributed by atoms with Gasteiger partial charge in [-0.15, -0.1) is 0 Å².